The van der Waals surface area contributed by atoms with Gasteiger partial charge in [0.15, 0.2) is 0 Å². The van der Waals surface area contributed by atoms with Gasteiger partial charge in [0.25, 0.3) is 0 Å². The number of hydrogen-bond donors (Lipinski definition) is 0. The highest BCUT2D eigenvalue weighted by Crippen LogP contribution is 2.38. The molecule has 1 aliphatic rings. The third kappa shape index (κ3) is 0.771. The largest absolute Gasteiger partial charge is 0.251 e. The standard InChI is InChI=1S/C9H10N2S/c1-6-8-4-5-12-9(8)11(10-6)7-2-3-7/h4-5,7H,2-3H2,1H3. The van der Waals surface area contributed by atoms with Crippen molar-refractivity contribution in [2.75, 3.05) is 0 Å². The number of hydrogen-bond acceptors (Lipinski definition) is 2. The summed E-state index contributed by atoms with van der Waals surface area (Å²) in [7, 11) is 0. The van der Waals surface area contributed by atoms with Crippen LogP contribution < -0.4 is 0 Å². The Morgan fingerprint density at radius 3 is 3.17 bits per heavy atom. The first-order valence-corrected chi connectivity index (χ1v) is 5.16. The van der Waals surface area contributed by atoms with E-state index in [9.17, 15) is 0 Å². The van der Waals surface area contributed by atoms with Crippen molar-refractivity contribution in [2.45, 2.75) is 25.8 Å². The van der Waals surface area contributed by atoms with Crippen molar-refractivity contribution in [3.05, 3.63) is 17.1 Å². The van der Waals surface area contributed by atoms with Crippen molar-refractivity contribution in [1.29, 1.82) is 0 Å². The number of nitrogens with zero attached hydrogens (tertiary/aromatic N) is 2. The van der Waals surface area contributed by atoms with Crippen LogP contribution in [-0.2, 0) is 0 Å². The van der Waals surface area contributed by atoms with Crippen LogP contribution in [0, 0.1) is 6.92 Å². The van der Waals surface area contributed by atoms with Crippen LogP contribution in [0.15, 0.2) is 11.4 Å². The SMILES string of the molecule is Cc1nn(C2CC2)c2sccc12. The summed E-state index contributed by atoms with van der Waals surface area (Å²) in [5.41, 5.74) is 1.18. The summed E-state index contributed by atoms with van der Waals surface area (Å²) in [6.45, 7) is 2.09. The molecule has 0 unspecified atom stereocenters. The smallest absolute Gasteiger partial charge is 0.121 e. The molecule has 12 heavy (non-hydrogen) atoms. The van der Waals surface area contributed by atoms with Crippen molar-refractivity contribution < 1.29 is 0 Å². The molecule has 0 N–H and O–H groups in total. The van der Waals surface area contributed by atoms with Crippen LogP contribution in [0.3, 0.4) is 0 Å². The average Bonchev–Trinajstić information content (AvgIpc) is 2.68. The molecule has 2 nitrogen and oxygen atoms in total. The van der Waals surface area contributed by atoms with Crippen LogP contribution in [0.2, 0.25) is 0 Å². The maximum Gasteiger partial charge on any atom is 0.121 e. The Morgan fingerprint density at radius 2 is 2.42 bits per heavy atom. The zero-order chi connectivity index (χ0) is 8.13. The molecule has 2 heterocycles. The Hall–Kier alpha value is -0.830. The quantitative estimate of drug-likeness (QED) is 0.656. The molecule has 0 saturated heterocycles. The molecule has 1 aliphatic carbocycles. The first kappa shape index (κ1) is 6.66. The monoisotopic (exact) mass is 178 g/mol. The zero-order valence-electron chi connectivity index (χ0n) is 6.95. The van der Waals surface area contributed by atoms with E-state index in [1.807, 2.05) is 0 Å². The van der Waals surface area contributed by atoms with Gasteiger partial charge in [-0.15, -0.1) is 11.3 Å². The van der Waals surface area contributed by atoms with Gasteiger partial charge in [0, 0.05) is 5.39 Å². The highest BCUT2D eigenvalue weighted by atomic mass is 32.1. The lowest BCUT2D eigenvalue weighted by atomic mass is 10.3. The summed E-state index contributed by atoms with van der Waals surface area (Å²) in [6, 6.07) is 2.88. The lowest BCUT2D eigenvalue weighted by Crippen LogP contribution is -1.94. The topological polar surface area (TPSA) is 17.8 Å². The highest BCUT2D eigenvalue weighted by Gasteiger charge is 2.26. The lowest BCUT2D eigenvalue weighted by molar-refractivity contribution is 0.662. The fourth-order valence-electron chi connectivity index (χ4n) is 1.58. The van der Waals surface area contributed by atoms with Gasteiger partial charge in [0.1, 0.15) is 4.83 Å². The third-order valence-corrected chi connectivity index (χ3v) is 3.30. The molecule has 0 radical (unpaired) electrons. The van der Waals surface area contributed by atoms with Crippen LogP contribution in [0.4, 0.5) is 0 Å². The van der Waals surface area contributed by atoms with E-state index in [0.29, 0.717) is 6.04 Å². The van der Waals surface area contributed by atoms with E-state index in [-0.39, 0.29) is 0 Å². The van der Waals surface area contributed by atoms with E-state index in [4.69, 9.17) is 0 Å². The van der Waals surface area contributed by atoms with Crippen LogP contribution in [-0.4, -0.2) is 9.78 Å². The second-order valence-electron chi connectivity index (χ2n) is 3.40. The van der Waals surface area contributed by atoms with E-state index in [1.165, 1.54) is 28.8 Å². The third-order valence-electron chi connectivity index (χ3n) is 2.39. The number of rotatable bonds is 1. The maximum atomic E-state index is 4.54. The van der Waals surface area contributed by atoms with Crippen molar-refractivity contribution >= 4 is 21.6 Å². The van der Waals surface area contributed by atoms with Crippen LogP contribution in [0.25, 0.3) is 10.2 Å². The van der Waals surface area contributed by atoms with E-state index in [1.54, 1.807) is 11.3 Å². The van der Waals surface area contributed by atoms with Crippen LogP contribution in [0.1, 0.15) is 24.6 Å². The van der Waals surface area contributed by atoms with Crippen LogP contribution >= 0.6 is 11.3 Å². The van der Waals surface area contributed by atoms with Gasteiger partial charge < -0.3 is 0 Å². The molecular formula is C9H10N2S. The molecule has 1 saturated carbocycles. The van der Waals surface area contributed by atoms with Crippen molar-refractivity contribution in [3.8, 4) is 0 Å². The Morgan fingerprint density at radius 1 is 1.58 bits per heavy atom. The van der Waals surface area contributed by atoms with Crippen molar-refractivity contribution in [3.63, 3.8) is 0 Å². The Kier molecular flexibility index (Phi) is 1.17. The Labute approximate surface area is 74.8 Å². The van der Waals surface area contributed by atoms with Crippen molar-refractivity contribution in [1.82, 2.24) is 9.78 Å². The molecule has 1 fully saturated rings. The Balaban J connectivity index is 2.33. The fraction of sp³-hybridized carbons (Fsp3) is 0.444. The van der Waals surface area contributed by atoms with Gasteiger partial charge in [-0.25, -0.2) is 0 Å². The normalized spacial score (nSPS) is 17.4. The van der Waals surface area contributed by atoms with E-state index in [0.717, 1.165) is 0 Å². The minimum absolute atomic E-state index is 0.708. The zero-order valence-corrected chi connectivity index (χ0v) is 7.77. The summed E-state index contributed by atoms with van der Waals surface area (Å²) in [5, 5.41) is 8.03. The summed E-state index contributed by atoms with van der Waals surface area (Å²) < 4.78 is 2.20. The maximum absolute atomic E-state index is 4.54. The lowest BCUT2D eigenvalue weighted by Gasteiger charge is -1.95. The van der Waals surface area contributed by atoms with E-state index in [2.05, 4.69) is 28.2 Å². The number of aryl methyl sites for hydroxylation is 1. The number of thiophene rings is 1. The highest BCUT2D eigenvalue weighted by molar-refractivity contribution is 7.16. The van der Waals surface area contributed by atoms with Gasteiger partial charge in [0.2, 0.25) is 0 Å². The minimum atomic E-state index is 0.708. The van der Waals surface area contributed by atoms with Crippen molar-refractivity contribution in [2.24, 2.45) is 0 Å². The summed E-state index contributed by atoms with van der Waals surface area (Å²) in [6.07, 6.45) is 2.63. The number of aromatic nitrogens is 2. The predicted octanol–water partition coefficient (Wildman–Crippen LogP) is 2.74. The first-order chi connectivity index (χ1) is 5.86. The van der Waals surface area contributed by atoms with Gasteiger partial charge in [-0.2, -0.15) is 5.10 Å². The molecule has 2 aromatic heterocycles. The van der Waals surface area contributed by atoms with E-state index < -0.39 is 0 Å². The van der Waals surface area contributed by atoms with E-state index >= 15 is 0 Å². The van der Waals surface area contributed by atoms with Gasteiger partial charge in [-0.1, -0.05) is 0 Å². The van der Waals surface area contributed by atoms with Gasteiger partial charge in [-0.05, 0) is 31.2 Å². The summed E-state index contributed by atoms with van der Waals surface area (Å²) in [4.78, 5) is 1.36. The second-order valence-corrected chi connectivity index (χ2v) is 4.30. The summed E-state index contributed by atoms with van der Waals surface area (Å²) in [5.74, 6) is 0. The van der Waals surface area contributed by atoms with Gasteiger partial charge >= 0.3 is 0 Å². The average molecular weight is 178 g/mol. The van der Waals surface area contributed by atoms with Gasteiger partial charge in [-0.3, -0.25) is 4.68 Å². The molecule has 62 valence electrons. The Bertz CT molecular complexity index is 423. The minimum Gasteiger partial charge on any atom is -0.251 e. The second kappa shape index (κ2) is 2.10. The molecule has 0 aliphatic heterocycles. The molecular weight excluding hydrogens is 168 g/mol. The first-order valence-electron chi connectivity index (χ1n) is 4.28. The molecule has 0 bridgehead atoms. The molecule has 0 amide bonds. The van der Waals surface area contributed by atoms with Gasteiger partial charge in [0.05, 0.1) is 11.7 Å². The molecule has 3 rings (SSSR count). The molecule has 0 aromatic carbocycles. The summed E-state index contributed by atoms with van der Waals surface area (Å²) >= 11 is 1.80. The molecule has 0 atom stereocenters. The molecule has 2 aromatic rings. The molecule has 3 heteroatoms. The fourth-order valence-corrected chi connectivity index (χ4v) is 2.56. The number of fused-ring (bicyclic) bond motifs is 1. The molecule has 0 spiro atoms. The van der Waals surface area contributed by atoms with Crippen LogP contribution in [0.5, 0.6) is 0 Å². The predicted molar refractivity (Wildman–Crippen MR) is 50.6 cm³/mol.